The molecular weight excluding hydrogens is 276 g/mol. The summed E-state index contributed by atoms with van der Waals surface area (Å²) in [6.45, 7) is 6.31. The molecule has 1 N–H and O–H groups in total. The lowest BCUT2D eigenvalue weighted by Gasteiger charge is -2.32. The fourth-order valence-corrected chi connectivity index (χ4v) is 2.47. The number of aliphatic hydroxyl groups is 1. The zero-order valence-electron chi connectivity index (χ0n) is 12.0. The van der Waals surface area contributed by atoms with Crippen LogP contribution in [0.25, 0.3) is 0 Å². The van der Waals surface area contributed by atoms with Gasteiger partial charge in [-0.05, 0) is 24.7 Å². The van der Waals surface area contributed by atoms with Crippen molar-refractivity contribution in [3.63, 3.8) is 0 Å². The third kappa shape index (κ3) is 5.04. The number of hydrogen-bond donors (Lipinski definition) is 1. The summed E-state index contributed by atoms with van der Waals surface area (Å²) in [5, 5.41) is 10.7. The quantitative estimate of drug-likeness (QED) is 0.810. The largest absolute Gasteiger partial charge is 0.386 e. The van der Waals surface area contributed by atoms with Crippen LogP contribution in [0.3, 0.4) is 0 Å². The van der Waals surface area contributed by atoms with E-state index in [1.807, 2.05) is 12.1 Å². The van der Waals surface area contributed by atoms with E-state index in [0.29, 0.717) is 18.2 Å². The van der Waals surface area contributed by atoms with Crippen LogP contribution >= 0.6 is 11.6 Å². The number of hydrogen-bond acceptors (Lipinski definition) is 4. The number of likely N-dealkylation sites (N-methyl/N-ethyl adjacent to an activating group) is 1. The van der Waals surface area contributed by atoms with Crippen LogP contribution in [0.4, 0.5) is 0 Å². The normalized spacial score (nSPS) is 19.1. The van der Waals surface area contributed by atoms with Gasteiger partial charge in [0.05, 0.1) is 13.2 Å². The van der Waals surface area contributed by atoms with E-state index in [1.54, 1.807) is 12.1 Å². The van der Waals surface area contributed by atoms with Crippen molar-refractivity contribution in [1.29, 1.82) is 0 Å². The fourth-order valence-electron chi connectivity index (χ4n) is 2.27. The lowest BCUT2D eigenvalue weighted by Crippen LogP contribution is -2.45. The second-order valence-corrected chi connectivity index (χ2v) is 5.73. The molecule has 0 bridgehead atoms. The van der Waals surface area contributed by atoms with Gasteiger partial charge in [-0.3, -0.25) is 4.90 Å². The highest BCUT2D eigenvalue weighted by Crippen LogP contribution is 2.17. The number of aliphatic hydroxyl groups excluding tert-OH is 1. The molecule has 4 nitrogen and oxygen atoms in total. The van der Waals surface area contributed by atoms with Crippen molar-refractivity contribution in [1.82, 2.24) is 9.80 Å². The maximum absolute atomic E-state index is 10.0. The minimum Gasteiger partial charge on any atom is -0.386 e. The first-order chi connectivity index (χ1) is 9.65. The van der Waals surface area contributed by atoms with E-state index in [9.17, 15) is 5.11 Å². The molecule has 0 amide bonds. The van der Waals surface area contributed by atoms with Crippen LogP contribution < -0.4 is 0 Å². The minimum atomic E-state index is -0.610. The molecule has 1 aromatic carbocycles. The first-order valence-corrected chi connectivity index (χ1v) is 7.45. The van der Waals surface area contributed by atoms with Gasteiger partial charge < -0.3 is 14.7 Å². The Labute approximate surface area is 125 Å². The molecule has 1 aliphatic heterocycles. The Morgan fingerprint density at radius 2 is 2.05 bits per heavy atom. The summed E-state index contributed by atoms with van der Waals surface area (Å²) < 4.78 is 5.57. The maximum atomic E-state index is 10.0. The van der Waals surface area contributed by atoms with Gasteiger partial charge in [-0.1, -0.05) is 23.7 Å². The predicted octanol–water partition coefficient (Wildman–Crippen LogP) is 1.64. The van der Waals surface area contributed by atoms with Gasteiger partial charge in [-0.2, -0.15) is 0 Å². The third-order valence-electron chi connectivity index (χ3n) is 3.66. The van der Waals surface area contributed by atoms with E-state index < -0.39 is 6.10 Å². The Morgan fingerprint density at radius 3 is 2.75 bits per heavy atom. The smallest absolute Gasteiger partial charge is 0.102 e. The summed E-state index contributed by atoms with van der Waals surface area (Å²) in [7, 11) is 2.15. The predicted molar refractivity (Wildman–Crippen MR) is 81.2 cm³/mol. The number of piperazine rings is 1. The van der Waals surface area contributed by atoms with E-state index >= 15 is 0 Å². The molecule has 1 fully saturated rings. The molecular formula is C15H23ClN2O2. The van der Waals surface area contributed by atoms with Crippen LogP contribution in [0.5, 0.6) is 0 Å². The lowest BCUT2D eigenvalue weighted by atomic mass is 10.1. The summed E-state index contributed by atoms with van der Waals surface area (Å²) in [5.74, 6) is 0. The van der Waals surface area contributed by atoms with Crippen molar-refractivity contribution in [3.8, 4) is 0 Å². The number of nitrogens with zero attached hydrogens (tertiary/aromatic N) is 2. The van der Waals surface area contributed by atoms with Crippen molar-refractivity contribution < 1.29 is 9.84 Å². The van der Waals surface area contributed by atoms with Crippen LogP contribution in [-0.4, -0.2) is 67.9 Å². The second-order valence-electron chi connectivity index (χ2n) is 5.29. The summed E-state index contributed by atoms with van der Waals surface area (Å²) in [6, 6.07) is 7.27. The van der Waals surface area contributed by atoms with Crippen molar-refractivity contribution in [3.05, 3.63) is 34.9 Å². The SMILES string of the molecule is CN1CCN(CCOCC(O)c2cccc(Cl)c2)CC1. The monoisotopic (exact) mass is 298 g/mol. The van der Waals surface area contributed by atoms with Gasteiger partial charge in [0, 0.05) is 37.7 Å². The average Bonchev–Trinajstić information content (AvgIpc) is 2.45. The van der Waals surface area contributed by atoms with E-state index in [1.165, 1.54) is 0 Å². The molecule has 1 unspecified atom stereocenters. The van der Waals surface area contributed by atoms with Crippen LogP contribution in [0, 0.1) is 0 Å². The van der Waals surface area contributed by atoms with Crippen molar-refractivity contribution in [2.75, 3.05) is 53.0 Å². The molecule has 1 saturated heterocycles. The van der Waals surface area contributed by atoms with Crippen molar-refractivity contribution >= 4 is 11.6 Å². The molecule has 1 aromatic rings. The van der Waals surface area contributed by atoms with E-state index in [2.05, 4.69) is 16.8 Å². The first kappa shape index (κ1) is 15.7. The third-order valence-corrected chi connectivity index (χ3v) is 3.89. The molecule has 2 rings (SSSR count). The Morgan fingerprint density at radius 1 is 1.30 bits per heavy atom. The number of ether oxygens (including phenoxy) is 1. The van der Waals surface area contributed by atoms with Crippen LogP contribution in [0.1, 0.15) is 11.7 Å². The zero-order chi connectivity index (χ0) is 14.4. The molecule has 0 radical (unpaired) electrons. The molecule has 0 aromatic heterocycles. The van der Waals surface area contributed by atoms with Gasteiger partial charge in [0.25, 0.3) is 0 Å². The lowest BCUT2D eigenvalue weighted by molar-refractivity contribution is 0.0214. The summed E-state index contributed by atoms with van der Waals surface area (Å²) in [6.07, 6.45) is -0.610. The van der Waals surface area contributed by atoms with E-state index in [4.69, 9.17) is 16.3 Å². The standard InChI is InChI=1S/C15H23ClN2O2/c1-17-5-7-18(8-6-17)9-10-20-12-15(19)13-3-2-4-14(16)11-13/h2-4,11,15,19H,5-10,12H2,1H3. The summed E-state index contributed by atoms with van der Waals surface area (Å²) in [5.41, 5.74) is 0.803. The fraction of sp³-hybridized carbons (Fsp3) is 0.600. The molecule has 1 heterocycles. The van der Waals surface area contributed by atoms with Crippen molar-refractivity contribution in [2.24, 2.45) is 0 Å². The Hall–Kier alpha value is -0.650. The highest BCUT2D eigenvalue weighted by molar-refractivity contribution is 6.30. The highest BCUT2D eigenvalue weighted by atomic mass is 35.5. The van der Waals surface area contributed by atoms with E-state index in [-0.39, 0.29) is 0 Å². The molecule has 0 saturated carbocycles. The number of rotatable bonds is 6. The average molecular weight is 299 g/mol. The van der Waals surface area contributed by atoms with Crippen LogP contribution in [-0.2, 0) is 4.74 Å². The molecule has 0 aliphatic carbocycles. The second kappa shape index (κ2) is 7.96. The highest BCUT2D eigenvalue weighted by Gasteiger charge is 2.13. The summed E-state index contributed by atoms with van der Waals surface area (Å²) >= 11 is 5.90. The van der Waals surface area contributed by atoms with E-state index in [0.717, 1.165) is 38.3 Å². The van der Waals surface area contributed by atoms with Crippen molar-refractivity contribution in [2.45, 2.75) is 6.10 Å². The zero-order valence-corrected chi connectivity index (χ0v) is 12.7. The van der Waals surface area contributed by atoms with Gasteiger partial charge in [0.2, 0.25) is 0 Å². The molecule has 5 heteroatoms. The molecule has 0 spiro atoms. The topological polar surface area (TPSA) is 35.9 Å². The first-order valence-electron chi connectivity index (χ1n) is 7.07. The van der Waals surface area contributed by atoms with Gasteiger partial charge in [-0.15, -0.1) is 0 Å². The summed E-state index contributed by atoms with van der Waals surface area (Å²) in [4.78, 5) is 4.73. The molecule has 1 aliphatic rings. The minimum absolute atomic E-state index is 0.314. The maximum Gasteiger partial charge on any atom is 0.102 e. The van der Waals surface area contributed by atoms with Gasteiger partial charge in [-0.25, -0.2) is 0 Å². The Bertz CT molecular complexity index is 409. The van der Waals surface area contributed by atoms with Gasteiger partial charge in [0.15, 0.2) is 0 Å². The van der Waals surface area contributed by atoms with Crippen LogP contribution in [0.15, 0.2) is 24.3 Å². The van der Waals surface area contributed by atoms with Gasteiger partial charge in [0.1, 0.15) is 6.10 Å². The van der Waals surface area contributed by atoms with Gasteiger partial charge >= 0.3 is 0 Å². The molecule has 112 valence electrons. The Kier molecular flexibility index (Phi) is 6.26. The molecule has 1 atom stereocenters. The molecule has 20 heavy (non-hydrogen) atoms. The number of halogens is 1. The Balaban J connectivity index is 1.63. The van der Waals surface area contributed by atoms with Crippen LogP contribution in [0.2, 0.25) is 5.02 Å². The number of benzene rings is 1.